The largest absolute Gasteiger partial charge is 0.493 e. The number of thiocarbonyl (C=S) groups is 1. The van der Waals surface area contributed by atoms with E-state index in [0.29, 0.717) is 11.3 Å². The second-order valence-corrected chi connectivity index (χ2v) is 7.26. The Bertz CT molecular complexity index is 1100. The Morgan fingerprint density at radius 1 is 1.29 bits per heavy atom. The number of carboxylic acids is 1. The molecule has 1 atom stereocenters. The first-order chi connectivity index (χ1) is 14.8. The Balaban J connectivity index is 1.90. The number of carbonyl (C=O) groups is 2. The molecule has 3 N–H and O–H groups in total. The van der Waals surface area contributed by atoms with Crippen LogP contribution in [0.15, 0.2) is 54.0 Å². The third-order valence-corrected chi connectivity index (χ3v) is 4.91. The highest BCUT2D eigenvalue weighted by molar-refractivity contribution is 7.80. The Kier molecular flexibility index (Phi) is 6.88. The molecular formula is C21H18ClN3O5S. The number of pyridine rings is 1. The van der Waals surface area contributed by atoms with Gasteiger partial charge in [0.2, 0.25) is 0 Å². The molecule has 160 valence electrons. The molecule has 10 heteroatoms. The first-order valence-corrected chi connectivity index (χ1v) is 9.77. The Morgan fingerprint density at radius 2 is 2.00 bits per heavy atom. The van der Waals surface area contributed by atoms with Gasteiger partial charge in [0, 0.05) is 24.2 Å². The lowest BCUT2D eigenvalue weighted by Crippen LogP contribution is -2.44. The molecule has 0 fully saturated rings. The summed E-state index contributed by atoms with van der Waals surface area (Å²) in [5.41, 5.74) is 1.75. The zero-order valence-electron chi connectivity index (χ0n) is 16.5. The number of methoxy groups -OCH3 is 1. The van der Waals surface area contributed by atoms with Crippen LogP contribution < -0.4 is 20.1 Å². The highest BCUT2D eigenvalue weighted by Gasteiger charge is 2.31. The van der Waals surface area contributed by atoms with Crippen molar-refractivity contribution >= 4 is 46.9 Å². The summed E-state index contributed by atoms with van der Waals surface area (Å²) in [6.45, 7) is 1.62. The van der Waals surface area contributed by atoms with E-state index in [9.17, 15) is 14.7 Å². The number of carbonyl (C=O) groups excluding carboxylic acids is 1. The summed E-state index contributed by atoms with van der Waals surface area (Å²) in [7, 11) is 1.39. The van der Waals surface area contributed by atoms with Gasteiger partial charge in [-0.05, 0) is 60.6 Å². The summed E-state index contributed by atoms with van der Waals surface area (Å²) in [5.74, 6) is -1.59. The van der Waals surface area contributed by atoms with Gasteiger partial charge in [-0.15, -0.1) is 0 Å². The second kappa shape index (κ2) is 9.59. The number of ether oxygens (including phenoxy) is 2. The minimum atomic E-state index is -1.11. The van der Waals surface area contributed by atoms with Crippen molar-refractivity contribution in [2.75, 3.05) is 7.11 Å². The Labute approximate surface area is 188 Å². The molecule has 1 unspecified atom stereocenters. The maximum Gasteiger partial charge on any atom is 0.336 e. The van der Waals surface area contributed by atoms with Crippen LogP contribution in [0.5, 0.6) is 11.5 Å². The summed E-state index contributed by atoms with van der Waals surface area (Å²) < 4.78 is 10.7. The highest BCUT2D eigenvalue weighted by Crippen LogP contribution is 2.40. The number of carboxylic acid groups (broad SMARTS) is 1. The number of benzene rings is 1. The molecule has 8 nitrogen and oxygen atoms in total. The van der Waals surface area contributed by atoms with E-state index in [1.165, 1.54) is 19.3 Å². The van der Waals surface area contributed by atoms with Crippen molar-refractivity contribution in [3.8, 4) is 11.5 Å². The number of aromatic nitrogens is 1. The van der Waals surface area contributed by atoms with Crippen LogP contribution in [0.2, 0.25) is 5.02 Å². The number of aliphatic carboxylic acids is 1. The SMILES string of the molecule is COc1cc(C2NC(=S)NC(C)=C2C(=O)O)cc(Cl)c1OC(=O)C=Cc1ccncc1. The van der Waals surface area contributed by atoms with Crippen LogP contribution in [0.4, 0.5) is 0 Å². The molecular weight excluding hydrogens is 442 g/mol. The van der Waals surface area contributed by atoms with Gasteiger partial charge in [0.1, 0.15) is 0 Å². The molecule has 1 aliphatic heterocycles. The molecule has 3 rings (SSSR count). The number of allylic oxidation sites excluding steroid dienone is 1. The van der Waals surface area contributed by atoms with Gasteiger partial charge in [-0.1, -0.05) is 11.6 Å². The minimum absolute atomic E-state index is 0.0198. The van der Waals surface area contributed by atoms with Crippen molar-refractivity contribution in [1.29, 1.82) is 0 Å². The van der Waals surface area contributed by atoms with Gasteiger partial charge in [-0.25, -0.2) is 9.59 Å². The number of rotatable bonds is 6. The average molecular weight is 460 g/mol. The highest BCUT2D eigenvalue weighted by atomic mass is 35.5. The second-order valence-electron chi connectivity index (χ2n) is 6.44. The molecule has 2 heterocycles. The number of hydrogen-bond donors (Lipinski definition) is 3. The monoisotopic (exact) mass is 459 g/mol. The molecule has 0 bridgehead atoms. The van der Waals surface area contributed by atoms with Gasteiger partial charge in [0.05, 0.1) is 23.7 Å². The van der Waals surface area contributed by atoms with E-state index in [-0.39, 0.29) is 27.2 Å². The number of nitrogens with zero attached hydrogens (tertiary/aromatic N) is 1. The molecule has 0 aliphatic carbocycles. The minimum Gasteiger partial charge on any atom is -0.493 e. The maximum atomic E-state index is 12.3. The average Bonchev–Trinajstić information content (AvgIpc) is 2.73. The molecule has 1 aromatic heterocycles. The Hall–Kier alpha value is -3.43. The fourth-order valence-corrected chi connectivity index (χ4v) is 3.53. The van der Waals surface area contributed by atoms with E-state index in [2.05, 4.69) is 15.6 Å². The maximum absolute atomic E-state index is 12.3. The summed E-state index contributed by atoms with van der Waals surface area (Å²) in [6.07, 6.45) is 6.03. The third kappa shape index (κ3) is 5.19. The van der Waals surface area contributed by atoms with E-state index in [1.54, 1.807) is 43.6 Å². The van der Waals surface area contributed by atoms with Gasteiger partial charge in [0.15, 0.2) is 16.6 Å². The first-order valence-electron chi connectivity index (χ1n) is 8.99. The van der Waals surface area contributed by atoms with Crippen molar-refractivity contribution in [2.24, 2.45) is 0 Å². The van der Waals surface area contributed by atoms with Crippen LogP contribution in [-0.4, -0.2) is 34.3 Å². The van der Waals surface area contributed by atoms with E-state index in [1.807, 2.05) is 0 Å². The molecule has 0 radical (unpaired) electrons. The van der Waals surface area contributed by atoms with Crippen molar-refractivity contribution in [2.45, 2.75) is 13.0 Å². The van der Waals surface area contributed by atoms with Crippen LogP contribution in [0.25, 0.3) is 6.08 Å². The third-order valence-electron chi connectivity index (χ3n) is 4.41. The van der Waals surface area contributed by atoms with Gasteiger partial charge < -0.3 is 25.2 Å². The zero-order chi connectivity index (χ0) is 22.5. The zero-order valence-corrected chi connectivity index (χ0v) is 18.1. The summed E-state index contributed by atoms with van der Waals surface area (Å²) in [4.78, 5) is 27.9. The quantitative estimate of drug-likeness (QED) is 0.259. The number of halogens is 1. The van der Waals surface area contributed by atoms with Gasteiger partial charge >= 0.3 is 11.9 Å². The Morgan fingerprint density at radius 3 is 2.65 bits per heavy atom. The van der Waals surface area contributed by atoms with E-state index < -0.39 is 18.0 Å². The van der Waals surface area contributed by atoms with Crippen molar-refractivity contribution in [3.63, 3.8) is 0 Å². The van der Waals surface area contributed by atoms with Crippen LogP contribution in [0.3, 0.4) is 0 Å². The molecule has 0 saturated heterocycles. The predicted molar refractivity (Wildman–Crippen MR) is 119 cm³/mol. The van der Waals surface area contributed by atoms with Gasteiger partial charge in [0.25, 0.3) is 0 Å². The normalized spacial score (nSPS) is 16.0. The van der Waals surface area contributed by atoms with Crippen molar-refractivity contribution in [1.82, 2.24) is 15.6 Å². The predicted octanol–water partition coefficient (Wildman–Crippen LogP) is 3.24. The summed E-state index contributed by atoms with van der Waals surface area (Å²) in [6, 6.07) is 5.74. The molecule has 1 aromatic carbocycles. The van der Waals surface area contributed by atoms with E-state index >= 15 is 0 Å². The lowest BCUT2D eigenvalue weighted by Gasteiger charge is -2.29. The molecule has 0 amide bonds. The van der Waals surface area contributed by atoms with Gasteiger partial charge in [-0.3, -0.25) is 4.98 Å². The van der Waals surface area contributed by atoms with Crippen LogP contribution in [0.1, 0.15) is 24.1 Å². The molecule has 2 aromatic rings. The van der Waals surface area contributed by atoms with Crippen LogP contribution >= 0.6 is 23.8 Å². The molecule has 1 aliphatic rings. The number of hydrogen-bond acceptors (Lipinski definition) is 6. The smallest absolute Gasteiger partial charge is 0.336 e. The molecule has 0 spiro atoms. The number of esters is 1. The van der Waals surface area contributed by atoms with E-state index in [0.717, 1.165) is 5.56 Å². The summed E-state index contributed by atoms with van der Waals surface area (Å²) >= 11 is 11.5. The lowest BCUT2D eigenvalue weighted by molar-refractivity contribution is -0.133. The molecule has 0 saturated carbocycles. The van der Waals surface area contributed by atoms with Crippen LogP contribution in [-0.2, 0) is 9.59 Å². The van der Waals surface area contributed by atoms with E-state index in [4.69, 9.17) is 33.3 Å². The van der Waals surface area contributed by atoms with Gasteiger partial charge in [-0.2, -0.15) is 0 Å². The summed E-state index contributed by atoms with van der Waals surface area (Å²) in [5, 5.41) is 15.7. The van der Waals surface area contributed by atoms with Crippen molar-refractivity contribution in [3.05, 3.63) is 70.2 Å². The number of nitrogens with one attached hydrogen (secondary N) is 2. The topological polar surface area (TPSA) is 110 Å². The first kappa shape index (κ1) is 22.3. The van der Waals surface area contributed by atoms with Crippen LogP contribution in [0, 0.1) is 0 Å². The standard InChI is InChI=1S/C21H18ClN3O5S/c1-11-17(20(27)28)18(25-21(31)24-11)13-9-14(22)19(15(10-13)29-2)30-16(26)4-3-12-5-7-23-8-6-12/h3-10,18H,1-2H3,(H,27,28)(H2,24,25,31). The van der Waals surface area contributed by atoms with Crippen molar-refractivity contribution < 1.29 is 24.2 Å². The lowest BCUT2D eigenvalue weighted by atomic mass is 9.95. The fraction of sp³-hybridized carbons (Fsp3) is 0.143. The fourth-order valence-electron chi connectivity index (χ4n) is 3.01. The molecule has 31 heavy (non-hydrogen) atoms.